The molecule has 35 heavy (non-hydrogen) atoms. The average molecular weight is 471 g/mol. The van der Waals surface area contributed by atoms with Crippen LogP contribution >= 0.6 is 0 Å². The number of nitrogens with zero attached hydrogens (tertiary/aromatic N) is 5. The maximum Gasteiger partial charge on any atom is 0.225 e. The molecule has 1 aliphatic carbocycles. The lowest BCUT2D eigenvalue weighted by molar-refractivity contribution is 0.205. The van der Waals surface area contributed by atoms with Gasteiger partial charge in [-0.05, 0) is 68.3 Å². The second kappa shape index (κ2) is 10.2. The third kappa shape index (κ3) is 4.96. The molecule has 1 aliphatic heterocycles. The summed E-state index contributed by atoms with van der Waals surface area (Å²) in [5, 5.41) is 8.37. The third-order valence-corrected chi connectivity index (χ3v) is 7.71. The highest BCUT2D eigenvalue weighted by molar-refractivity contribution is 5.58. The lowest BCUT2D eigenvalue weighted by Gasteiger charge is -2.32. The molecule has 3 aromatic heterocycles. The van der Waals surface area contributed by atoms with Crippen molar-refractivity contribution in [2.24, 2.45) is 5.92 Å². The van der Waals surface area contributed by atoms with Crippen LogP contribution in [0.2, 0.25) is 0 Å². The maximum absolute atomic E-state index is 5.60. The van der Waals surface area contributed by atoms with Gasteiger partial charge in [0.15, 0.2) is 11.4 Å². The van der Waals surface area contributed by atoms with Crippen molar-refractivity contribution < 1.29 is 4.42 Å². The van der Waals surface area contributed by atoms with E-state index < -0.39 is 0 Å². The minimum Gasteiger partial charge on any atom is -0.461 e. The molecule has 6 rings (SSSR count). The van der Waals surface area contributed by atoms with Gasteiger partial charge in [-0.15, -0.1) is 5.10 Å². The summed E-state index contributed by atoms with van der Waals surface area (Å²) in [5.74, 6) is 3.41. The van der Waals surface area contributed by atoms with Crippen molar-refractivity contribution in [1.82, 2.24) is 24.5 Å². The Morgan fingerprint density at radius 1 is 0.943 bits per heavy atom. The number of likely N-dealkylation sites (tertiary alicyclic amines) is 1. The van der Waals surface area contributed by atoms with Gasteiger partial charge < -0.3 is 9.73 Å². The van der Waals surface area contributed by atoms with Crippen molar-refractivity contribution >= 4 is 11.6 Å². The summed E-state index contributed by atoms with van der Waals surface area (Å²) < 4.78 is 7.48. The molecule has 0 atom stereocenters. The Morgan fingerprint density at radius 3 is 2.54 bits per heavy atom. The molecule has 0 amide bonds. The van der Waals surface area contributed by atoms with Gasteiger partial charge in [0.1, 0.15) is 0 Å². The molecule has 1 aromatic carbocycles. The van der Waals surface area contributed by atoms with Crippen molar-refractivity contribution in [2.45, 2.75) is 57.4 Å². The highest BCUT2D eigenvalue weighted by Gasteiger charge is 2.23. The largest absolute Gasteiger partial charge is 0.461 e. The van der Waals surface area contributed by atoms with E-state index in [2.05, 4.69) is 40.5 Å². The molecule has 1 saturated carbocycles. The highest BCUT2D eigenvalue weighted by Crippen LogP contribution is 2.29. The summed E-state index contributed by atoms with van der Waals surface area (Å²) >= 11 is 0. The fourth-order valence-corrected chi connectivity index (χ4v) is 5.68. The normalized spacial score (nSPS) is 18.3. The highest BCUT2D eigenvalue weighted by atomic mass is 16.3. The van der Waals surface area contributed by atoms with Gasteiger partial charge in [0, 0.05) is 24.8 Å². The molecular weight excluding hydrogens is 436 g/mol. The predicted octanol–water partition coefficient (Wildman–Crippen LogP) is 5.76. The molecule has 2 fully saturated rings. The summed E-state index contributed by atoms with van der Waals surface area (Å²) in [6.45, 7) is 3.92. The first-order chi connectivity index (χ1) is 17.3. The lowest BCUT2D eigenvalue weighted by Crippen LogP contribution is -2.32. The number of fused-ring (bicyclic) bond motifs is 1. The summed E-state index contributed by atoms with van der Waals surface area (Å²) in [5.41, 5.74) is 3.43. The van der Waals surface area contributed by atoms with Gasteiger partial charge in [-0.2, -0.15) is 4.52 Å². The Kier molecular flexibility index (Phi) is 6.49. The quantitative estimate of drug-likeness (QED) is 0.370. The van der Waals surface area contributed by atoms with Crippen LogP contribution in [-0.2, 0) is 6.54 Å². The standard InChI is InChI=1S/C28H34N6O/c1-3-8-21(9-4-1)18-29-28-30-19-24(27-31-26(32-34(27)28)25-12-7-17-35-25)20-33-15-13-23(14-16-33)22-10-5-2-6-11-22/h2,5-7,10-12,17,19,21,23H,1,3-4,8-9,13-16,18,20H2,(H,29,30). The Balaban J connectivity index is 1.21. The van der Waals surface area contributed by atoms with Crippen LogP contribution in [-0.4, -0.2) is 44.1 Å². The van der Waals surface area contributed by atoms with E-state index in [9.17, 15) is 0 Å². The number of benzene rings is 1. The first-order valence-electron chi connectivity index (χ1n) is 13.1. The Labute approximate surface area is 206 Å². The summed E-state index contributed by atoms with van der Waals surface area (Å²) in [7, 11) is 0. The van der Waals surface area contributed by atoms with Gasteiger partial charge in [-0.3, -0.25) is 4.90 Å². The van der Waals surface area contributed by atoms with E-state index in [4.69, 9.17) is 19.5 Å². The van der Waals surface area contributed by atoms with Crippen molar-refractivity contribution in [1.29, 1.82) is 0 Å². The van der Waals surface area contributed by atoms with E-state index >= 15 is 0 Å². The van der Waals surface area contributed by atoms with Crippen LogP contribution < -0.4 is 5.32 Å². The molecule has 4 aromatic rings. The summed E-state index contributed by atoms with van der Waals surface area (Å²) in [6, 6.07) is 14.7. The fraction of sp³-hybridized carbons (Fsp3) is 0.464. The molecule has 7 nitrogen and oxygen atoms in total. The van der Waals surface area contributed by atoms with Crippen molar-refractivity contribution in [3.05, 3.63) is 66.1 Å². The molecule has 2 aliphatic rings. The predicted molar refractivity (Wildman–Crippen MR) is 137 cm³/mol. The number of piperidine rings is 1. The number of nitrogens with one attached hydrogen (secondary N) is 1. The number of anilines is 1. The Bertz CT molecular complexity index is 1220. The van der Waals surface area contributed by atoms with Crippen molar-refractivity contribution in [3.63, 3.8) is 0 Å². The summed E-state index contributed by atoms with van der Waals surface area (Å²) in [4.78, 5) is 12.2. The average Bonchev–Trinajstić information content (AvgIpc) is 3.61. The number of hydrogen-bond donors (Lipinski definition) is 1. The minimum absolute atomic E-state index is 0.604. The van der Waals surface area contributed by atoms with Crippen LogP contribution in [0, 0.1) is 5.92 Å². The van der Waals surface area contributed by atoms with Gasteiger partial charge >= 0.3 is 0 Å². The summed E-state index contributed by atoms with van der Waals surface area (Å²) in [6.07, 6.45) is 12.6. The third-order valence-electron chi connectivity index (χ3n) is 7.71. The Morgan fingerprint density at radius 2 is 1.77 bits per heavy atom. The van der Waals surface area contributed by atoms with Gasteiger partial charge in [-0.1, -0.05) is 49.6 Å². The van der Waals surface area contributed by atoms with Gasteiger partial charge in [0.2, 0.25) is 11.8 Å². The number of rotatable bonds is 7. The van der Waals surface area contributed by atoms with Crippen LogP contribution in [0.15, 0.2) is 59.3 Å². The van der Waals surface area contributed by atoms with E-state index in [1.165, 1.54) is 50.5 Å². The van der Waals surface area contributed by atoms with Crippen molar-refractivity contribution in [3.8, 4) is 11.6 Å². The number of hydrogen-bond acceptors (Lipinski definition) is 6. The molecule has 4 heterocycles. The molecule has 0 bridgehead atoms. The molecule has 1 saturated heterocycles. The minimum atomic E-state index is 0.604. The number of aromatic nitrogens is 4. The zero-order valence-electron chi connectivity index (χ0n) is 20.3. The van der Waals surface area contributed by atoms with Crippen LogP contribution in [0.25, 0.3) is 17.2 Å². The van der Waals surface area contributed by atoms with Crippen LogP contribution in [0.5, 0.6) is 0 Å². The van der Waals surface area contributed by atoms with Gasteiger partial charge in [0.25, 0.3) is 0 Å². The van der Waals surface area contributed by atoms with Crippen LogP contribution in [0.1, 0.15) is 62.0 Å². The molecule has 7 heteroatoms. The van der Waals surface area contributed by atoms with E-state index in [1.807, 2.05) is 22.8 Å². The smallest absolute Gasteiger partial charge is 0.225 e. The SMILES string of the molecule is c1ccc(C2CCN(Cc3cnc(NCC4CCCCC4)n4nc(-c5ccco5)nc34)CC2)cc1. The second-order valence-corrected chi connectivity index (χ2v) is 10.1. The topological polar surface area (TPSA) is 71.5 Å². The van der Waals surface area contributed by atoms with E-state index in [0.717, 1.165) is 43.3 Å². The monoisotopic (exact) mass is 470 g/mol. The molecular formula is C28H34N6O. The first kappa shape index (κ1) is 22.3. The molecule has 0 spiro atoms. The van der Waals surface area contributed by atoms with E-state index in [0.29, 0.717) is 23.4 Å². The first-order valence-corrected chi connectivity index (χ1v) is 13.1. The Hall–Kier alpha value is -3.19. The van der Waals surface area contributed by atoms with Crippen LogP contribution in [0.3, 0.4) is 0 Å². The van der Waals surface area contributed by atoms with E-state index in [1.54, 1.807) is 6.26 Å². The fourth-order valence-electron chi connectivity index (χ4n) is 5.68. The van der Waals surface area contributed by atoms with E-state index in [-0.39, 0.29) is 0 Å². The van der Waals surface area contributed by atoms with Gasteiger partial charge in [0.05, 0.1) is 6.26 Å². The number of furan rings is 1. The van der Waals surface area contributed by atoms with Gasteiger partial charge in [-0.25, -0.2) is 9.97 Å². The molecule has 0 unspecified atom stereocenters. The zero-order valence-corrected chi connectivity index (χ0v) is 20.3. The zero-order chi connectivity index (χ0) is 23.5. The second-order valence-electron chi connectivity index (χ2n) is 10.1. The maximum atomic E-state index is 5.60. The van der Waals surface area contributed by atoms with Crippen molar-refractivity contribution in [2.75, 3.05) is 25.0 Å². The van der Waals surface area contributed by atoms with Crippen LogP contribution in [0.4, 0.5) is 5.95 Å². The molecule has 0 radical (unpaired) electrons. The molecule has 1 N–H and O–H groups in total. The lowest BCUT2D eigenvalue weighted by atomic mass is 9.89. The molecule has 182 valence electrons.